The van der Waals surface area contributed by atoms with E-state index in [1.807, 2.05) is 0 Å². The Labute approximate surface area is 205 Å². The van der Waals surface area contributed by atoms with Crippen LogP contribution in [0.15, 0.2) is 30.7 Å². The molecule has 3 heterocycles. The highest BCUT2D eigenvalue weighted by Gasteiger charge is 2.54. The summed E-state index contributed by atoms with van der Waals surface area (Å²) in [6.07, 6.45) is 1.23. The number of amides is 2. The second kappa shape index (κ2) is 8.88. The zero-order chi connectivity index (χ0) is 26.5. The summed E-state index contributed by atoms with van der Waals surface area (Å²) in [6.45, 7) is -4.37. The molecule has 0 aliphatic heterocycles. The zero-order valence-corrected chi connectivity index (χ0v) is 19.0. The lowest BCUT2D eigenvalue weighted by Gasteiger charge is -2.57. The van der Waals surface area contributed by atoms with Gasteiger partial charge in [-0.3, -0.25) is 9.59 Å². The van der Waals surface area contributed by atoms with Crippen molar-refractivity contribution in [3.63, 3.8) is 0 Å². The summed E-state index contributed by atoms with van der Waals surface area (Å²) in [6, 6.07) is 2.69. The summed E-state index contributed by atoms with van der Waals surface area (Å²) < 4.78 is 74.7. The van der Waals surface area contributed by atoms with Crippen LogP contribution in [-0.2, 0) is 0 Å². The molecule has 3 aromatic rings. The predicted octanol–water partition coefficient (Wildman–Crippen LogP) is 3.09. The minimum Gasteiger partial charge on any atom is -0.483 e. The SMILES string of the molecule is NC(=O)c1cn(C(F)F)nc1OC1CC2(CC(NC(=O)c3cnn4cc(OCC(F)(F)F)ccc34)C2)C1. The third-order valence-corrected chi connectivity index (χ3v) is 6.59. The van der Waals surface area contributed by atoms with E-state index in [2.05, 4.69) is 15.5 Å². The molecule has 1 spiro atoms. The van der Waals surface area contributed by atoms with Crippen LogP contribution in [0.1, 0.15) is 52.9 Å². The van der Waals surface area contributed by atoms with E-state index in [1.54, 1.807) is 0 Å². The number of nitrogens with one attached hydrogen (secondary N) is 1. The lowest BCUT2D eigenvalue weighted by Crippen LogP contribution is -2.58. The van der Waals surface area contributed by atoms with Crippen LogP contribution in [0, 0.1) is 5.41 Å². The number of nitrogens with zero attached hydrogens (tertiary/aromatic N) is 4. The highest BCUT2D eigenvalue weighted by atomic mass is 19.4. The summed E-state index contributed by atoms with van der Waals surface area (Å²) in [4.78, 5) is 24.3. The molecule has 0 unspecified atom stereocenters. The number of carbonyl (C=O) groups excluding carboxylic acids is 2. The fraction of sp³-hybridized carbons (Fsp3) is 0.455. The third kappa shape index (κ3) is 5.02. The average molecular weight is 528 g/mol. The van der Waals surface area contributed by atoms with E-state index in [-0.39, 0.29) is 46.2 Å². The number of alkyl halides is 5. The number of aromatic nitrogens is 4. The lowest BCUT2D eigenvalue weighted by atomic mass is 9.53. The average Bonchev–Trinajstić information content (AvgIpc) is 3.38. The summed E-state index contributed by atoms with van der Waals surface area (Å²) in [5.41, 5.74) is 5.62. The number of hydrogen-bond acceptors (Lipinski definition) is 6. The number of fused-ring (bicyclic) bond motifs is 1. The minimum absolute atomic E-state index is 0.0357. The van der Waals surface area contributed by atoms with Gasteiger partial charge in [-0.25, -0.2) is 9.20 Å². The van der Waals surface area contributed by atoms with Gasteiger partial charge in [0, 0.05) is 12.2 Å². The van der Waals surface area contributed by atoms with Gasteiger partial charge in [-0.1, -0.05) is 0 Å². The standard InChI is InChI=1S/C22H21F5N6O4/c23-20(24)33-9-15(17(28)34)19(31-33)37-13-5-21(6-13)3-11(4-21)30-18(35)14-7-29-32-8-12(1-2-16(14)32)36-10-22(25,26)27/h1-2,7-9,11,13,20H,3-6,10H2,(H2,28,34)(H,30,35). The molecule has 2 saturated carbocycles. The largest absolute Gasteiger partial charge is 0.483 e. The van der Waals surface area contributed by atoms with Crippen molar-refractivity contribution in [1.82, 2.24) is 24.7 Å². The Hall–Kier alpha value is -3.91. The second-order valence-electron chi connectivity index (χ2n) is 9.35. The Kier molecular flexibility index (Phi) is 5.95. The maximum absolute atomic E-state index is 12.9. The molecule has 2 aliphatic carbocycles. The number of halogens is 5. The van der Waals surface area contributed by atoms with Crippen LogP contribution >= 0.6 is 0 Å². The number of hydrogen-bond donors (Lipinski definition) is 2. The summed E-state index contributed by atoms with van der Waals surface area (Å²) >= 11 is 0. The number of primary amides is 1. The molecule has 2 fully saturated rings. The molecule has 0 atom stereocenters. The van der Waals surface area contributed by atoms with E-state index in [4.69, 9.17) is 15.2 Å². The van der Waals surface area contributed by atoms with Gasteiger partial charge in [0.1, 0.15) is 17.4 Å². The molecule has 0 radical (unpaired) electrons. The van der Waals surface area contributed by atoms with Gasteiger partial charge >= 0.3 is 12.7 Å². The van der Waals surface area contributed by atoms with Gasteiger partial charge < -0.3 is 20.5 Å². The van der Waals surface area contributed by atoms with Crippen molar-refractivity contribution in [2.24, 2.45) is 11.1 Å². The fourth-order valence-electron chi connectivity index (χ4n) is 4.95. The summed E-state index contributed by atoms with van der Waals surface area (Å²) in [5.74, 6) is -1.54. The first-order chi connectivity index (χ1) is 17.4. The number of ether oxygens (including phenoxy) is 2. The van der Waals surface area contributed by atoms with E-state index in [0.717, 1.165) is 6.20 Å². The molecule has 15 heteroatoms. The van der Waals surface area contributed by atoms with Gasteiger partial charge in [-0.2, -0.15) is 27.1 Å². The maximum Gasteiger partial charge on any atom is 0.422 e. The molecular weight excluding hydrogens is 507 g/mol. The number of carbonyl (C=O) groups is 2. The van der Waals surface area contributed by atoms with Crippen molar-refractivity contribution in [2.75, 3.05) is 6.61 Å². The van der Waals surface area contributed by atoms with Crippen LogP contribution in [-0.4, -0.2) is 56.1 Å². The molecule has 0 saturated heterocycles. The van der Waals surface area contributed by atoms with Crippen LogP contribution in [0.5, 0.6) is 11.6 Å². The predicted molar refractivity (Wildman–Crippen MR) is 115 cm³/mol. The molecule has 3 aromatic heterocycles. The second-order valence-corrected chi connectivity index (χ2v) is 9.35. The smallest absolute Gasteiger partial charge is 0.422 e. The Bertz CT molecular complexity index is 1340. The summed E-state index contributed by atoms with van der Waals surface area (Å²) in [7, 11) is 0. The van der Waals surface area contributed by atoms with Crippen LogP contribution < -0.4 is 20.5 Å². The lowest BCUT2D eigenvalue weighted by molar-refractivity contribution is -0.153. The molecule has 2 aliphatic rings. The van der Waals surface area contributed by atoms with Crippen molar-refractivity contribution in [2.45, 2.75) is 50.6 Å². The quantitative estimate of drug-likeness (QED) is 0.433. The zero-order valence-electron chi connectivity index (χ0n) is 19.0. The Morgan fingerprint density at radius 2 is 1.89 bits per heavy atom. The van der Waals surface area contributed by atoms with Gasteiger partial charge in [0.15, 0.2) is 6.61 Å². The first-order valence-electron chi connectivity index (χ1n) is 11.2. The third-order valence-electron chi connectivity index (χ3n) is 6.59. The molecular formula is C22H21F5N6O4. The molecule has 3 N–H and O–H groups in total. The topological polar surface area (TPSA) is 126 Å². The number of nitrogens with two attached hydrogens (primary N) is 1. The monoisotopic (exact) mass is 528 g/mol. The highest BCUT2D eigenvalue weighted by Crippen LogP contribution is 2.56. The first kappa shape index (κ1) is 24.8. The Morgan fingerprint density at radius 1 is 1.16 bits per heavy atom. The van der Waals surface area contributed by atoms with Gasteiger partial charge in [0.05, 0.1) is 23.5 Å². The van der Waals surface area contributed by atoms with Crippen molar-refractivity contribution in [3.05, 3.63) is 41.9 Å². The van der Waals surface area contributed by atoms with E-state index in [1.165, 1.54) is 29.0 Å². The molecule has 10 nitrogen and oxygen atoms in total. The van der Waals surface area contributed by atoms with Crippen molar-refractivity contribution in [3.8, 4) is 11.6 Å². The van der Waals surface area contributed by atoms with Gasteiger partial charge in [-0.05, 0) is 43.2 Å². The van der Waals surface area contributed by atoms with Crippen LogP contribution in [0.2, 0.25) is 0 Å². The van der Waals surface area contributed by atoms with E-state index >= 15 is 0 Å². The van der Waals surface area contributed by atoms with Gasteiger partial charge in [-0.15, -0.1) is 5.10 Å². The molecule has 0 aromatic carbocycles. The molecule has 5 rings (SSSR count). The van der Waals surface area contributed by atoms with Crippen LogP contribution in [0.25, 0.3) is 5.52 Å². The van der Waals surface area contributed by atoms with Crippen molar-refractivity contribution >= 4 is 17.3 Å². The Morgan fingerprint density at radius 3 is 2.54 bits per heavy atom. The summed E-state index contributed by atoms with van der Waals surface area (Å²) in [5, 5.41) is 10.5. The maximum atomic E-state index is 12.9. The fourth-order valence-corrected chi connectivity index (χ4v) is 4.95. The normalized spacial score (nSPS) is 23.1. The van der Waals surface area contributed by atoms with Crippen LogP contribution in [0.4, 0.5) is 22.0 Å². The van der Waals surface area contributed by atoms with E-state index < -0.39 is 25.2 Å². The minimum atomic E-state index is -4.47. The number of pyridine rings is 1. The van der Waals surface area contributed by atoms with Crippen molar-refractivity contribution < 1.29 is 41.0 Å². The van der Waals surface area contributed by atoms with Gasteiger partial charge in [0.25, 0.3) is 11.8 Å². The molecule has 198 valence electrons. The van der Waals surface area contributed by atoms with E-state index in [9.17, 15) is 31.5 Å². The molecule has 0 bridgehead atoms. The van der Waals surface area contributed by atoms with E-state index in [0.29, 0.717) is 35.9 Å². The highest BCUT2D eigenvalue weighted by molar-refractivity contribution is 6.00. The molecule has 2 amide bonds. The van der Waals surface area contributed by atoms with Crippen molar-refractivity contribution in [1.29, 1.82) is 0 Å². The van der Waals surface area contributed by atoms with Gasteiger partial charge in [0.2, 0.25) is 5.88 Å². The number of rotatable bonds is 8. The molecule has 37 heavy (non-hydrogen) atoms. The first-order valence-corrected chi connectivity index (χ1v) is 11.2. The van der Waals surface area contributed by atoms with Crippen LogP contribution in [0.3, 0.4) is 0 Å². The Balaban J connectivity index is 1.13.